The summed E-state index contributed by atoms with van der Waals surface area (Å²) in [5.74, 6) is 0.151. The maximum absolute atomic E-state index is 13.5. The maximum atomic E-state index is 13.5. The normalized spacial score (nSPS) is 17.1. The van der Waals surface area contributed by atoms with Crippen LogP contribution in [0.25, 0.3) is 0 Å². The Morgan fingerprint density at radius 2 is 1.82 bits per heavy atom. The van der Waals surface area contributed by atoms with E-state index in [1.54, 1.807) is 0 Å². The van der Waals surface area contributed by atoms with Crippen LogP contribution in [0.15, 0.2) is 51.4 Å². The molecule has 1 atom stereocenters. The third-order valence-electron chi connectivity index (χ3n) is 5.75. The third kappa shape index (κ3) is 5.22. The van der Waals surface area contributed by atoms with Gasteiger partial charge in [0.2, 0.25) is 5.91 Å². The number of carbonyl (C=O) groups excluding carboxylic acids is 1. The van der Waals surface area contributed by atoms with Crippen LogP contribution in [0, 0.1) is 11.7 Å². The topological polar surface area (TPSA) is 41.1 Å². The Balaban J connectivity index is 1.73. The zero-order valence-corrected chi connectivity index (χ0v) is 19.1. The first-order valence-corrected chi connectivity index (χ1v) is 11.1. The lowest BCUT2D eigenvalue weighted by Crippen LogP contribution is -2.43. The maximum Gasteiger partial charge on any atom is 0.221 e. The van der Waals surface area contributed by atoms with Gasteiger partial charge >= 0.3 is 0 Å². The largest absolute Gasteiger partial charge is 0.352 e. The minimum absolute atomic E-state index is 0.0180. The first-order valence-electron chi connectivity index (χ1n) is 9.56. The van der Waals surface area contributed by atoms with Crippen LogP contribution in [0.3, 0.4) is 0 Å². The highest BCUT2D eigenvalue weighted by molar-refractivity contribution is 9.13. The molecule has 1 fully saturated rings. The van der Waals surface area contributed by atoms with Crippen molar-refractivity contribution in [1.82, 2.24) is 10.6 Å². The standard InChI is InChI=1S/C22H25Br2FN2O/c1-22(17-8-10-26-11-9-17,16-3-5-18(25)6-4-16)13-21(28)27-14-15-2-7-19(23)20(24)12-15/h2-7,12,17,26H,8-11,13-14H2,1H3,(H,27,28). The van der Waals surface area contributed by atoms with E-state index in [1.165, 1.54) is 12.1 Å². The van der Waals surface area contributed by atoms with E-state index in [-0.39, 0.29) is 17.1 Å². The minimum atomic E-state index is -0.319. The van der Waals surface area contributed by atoms with Crippen molar-refractivity contribution < 1.29 is 9.18 Å². The number of hydrogen-bond donors (Lipinski definition) is 2. The Morgan fingerprint density at radius 3 is 2.46 bits per heavy atom. The molecule has 3 nitrogen and oxygen atoms in total. The Kier molecular flexibility index (Phi) is 7.29. The van der Waals surface area contributed by atoms with Gasteiger partial charge in [-0.25, -0.2) is 4.39 Å². The number of nitrogens with one attached hydrogen (secondary N) is 2. The van der Waals surface area contributed by atoms with Crippen LogP contribution in [0.4, 0.5) is 4.39 Å². The summed E-state index contributed by atoms with van der Waals surface area (Å²) in [6.45, 7) is 4.54. The van der Waals surface area contributed by atoms with E-state index in [0.29, 0.717) is 18.9 Å². The molecule has 0 aliphatic carbocycles. The summed E-state index contributed by atoms with van der Waals surface area (Å²) >= 11 is 6.95. The fourth-order valence-electron chi connectivity index (χ4n) is 4.02. The first-order chi connectivity index (χ1) is 13.4. The van der Waals surface area contributed by atoms with Gasteiger partial charge in [-0.15, -0.1) is 0 Å². The van der Waals surface area contributed by atoms with E-state index >= 15 is 0 Å². The molecule has 0 radical (unpaired) electrons. The molecule has 1 aliphatic heterocycles. The molecule has 1 heterocycles. The molecule has 1 unspecified atom stereocenters. The van der Waals surface area contributed by atoms with Crippen LogP contribution in [0.1, 0.15) is 37.3 Å². The summed E-state index contributed by atoms with van der Waals surface area (Å²) in [7, 11) is 0. The molecule has 0 bridgehead atoms. The predicted molar refractivity (Wildman–Crippen MR) is 118 cm³/mol. The van der Waals surface area contributed by atoms with Gasteiger partial charge in [0.1, 0.15) is 5.82 Å². The van der Waals surface area contributed by atoms with Crippen molar-refractivity contribution in [3.05, 3.63) is 68.4 Å². The smallest absolute Gasteiger partial charge is 0.221 e. The van der Waals surface area contributed by atoms with Crippen molar-refractivity contribution in [3.63, 3.8) is 0 Å². The van der Waals surface area contributed by atoms with Crippen molar-refractivity contribution in [2.75, 3.05) is 13.1 Å². The van der Waals surface area contributed by atoms with Crippen LogP contribution in [0.2, 0.25) is 0 Å². The molecule has 0 aromatic heterocycles. The lowest BCUT2D eigenvalue weighted by molar-refractivity contribution is -0.123. The SMILES string of the molecule is CC(CC(=O)NCc1ccc(Br)c(Br)c1)(c1ccc(F)cc1)C1CCNCC1. The fraction of sp³-hybridized carbons (Fsp3) is 0.409. The van der Waals surface area contributed by atoms with Gasteiger partial charge in [0, 0.05) is 27.3 Å². The van der Waals surface area contributed by atoms with Crippen LogP contribution in [-0.2, 0) is 16.8 Å². The molecule has 2 aromatic rings. The monoisotopic (exact) mass is 510 g/mol. The second-order valence-corrected chi connectivity index (χ2v) is 9.36. The average Bonchev–Trinajstić information content (AvgIpc) is 2.70. The lowest BCUT2D eigenvalue weighted by atomic mass is 9.66. The highest BCUT2D eigenvalue weighted by Crippen LogP contribution is 2.40. The van der Waals surface area contributed by atoms with E-state index in [2.05, 4.69) is 49.4 Å². The molecule has 3 rings (SSSR count). The number of amides is 1. The minimum Gasteiger partial charge on any atom is -0.352 e. The Labute approximate surface area is 182 Å². The summed E-state index contributed by atoms with van der Waals surface area (Å²) in [4.78, 5) is 12.8. The van der Waals surface area contributed by atoms with E-state index in [1.807, 2.05) is 30.3 Å². The Bertz CT molecular complexity index is 822. The van der Waals surface area contributed by atoms with Gasteiger partial charge in [-0.1, -0.05) is 25.1 Å². The van der Waals surface area contributed by atoms with Crippen LogP contribution >= 0.6 is 31.9 Å². The fourth-order valence-corrected chi connectivity index (χ4v) is 4.69. The lowest BCUT2D eigenvalue weighted by Gasteiger charge is -2.40. The molecule has 6 heteroatoms. The molecule has 1 saturated heterocycles. The average molecular weight is 512 g/mol. The van der Waals surface area contributed by atoms with Gasteiger partial charge in [0.25, 0.3) is 0 Å². The summed E-state index contributed by atoms with van der Waals surface area (Å²) in [5, 5.41) is 6.45. The second-order valence-electron chi connectivity index (χ2n) is 7.65. The van der Waals surface area contributed by atoms with Crippen molar-refractivity contribution in [3.8, 4) is 0 Å². The summed E-state index contributed by atoms with van der Waals surface area (Å²) in [5.41, 5.74) is 1.75. The highest BCUT2D eigenvalue weighted by atomic mass is 79.9. The van der Waals surface area contributed by atoms with Gasteiger partial charge in [0.15, 0.2) is 0 Å². The zero-order valence-electron chi connectivity index (χ0n) is 15.9. The van der Waals surface area contributed by atoms with Gasteiger partial charge in [0.05, 0.1) is 0 Å². The van der Waals surface area contributed by atoms with E-state index in [9.17, 15) is 9.18 Å². The van der Waals surface area contributed by atoms with Crippen molar-refractivity contribution in [2.24, 2.45) is 5.92 Å². The van der Waals surface area contributed by atoms with Crippen LogP contribution < -0.4 is 10.6 Å². The second kappa shape index (κ2) is 9.51. The quantitative estimate of drug-likeness (QED) is 0.551. The first kappa shape index (κ1) is 21.5. The third-order valence-corrected chi connectivity index (χ3v) is 7.63. The van der Waals surface area contributed by atoms with E-state index < -0.39 is 0 Å². The molecule has 2 aromatic carbocycles. The molecule has 0 saturated carbocycles. The Morgan fingerprint density at radius 1 is 1.14 bits per heavy atom. The van der Waals surface area contributed by atoms with Gasteiger partial charge < -0.3 is 10.6 Å². The number of rotatable bonds is 6. The van der Waals surface area contributed by atoms with Crippen LogP contribution in [0.5, 0.6) is 0 Å². The molecule has 28 heavy (non-hydrogen) atoms. The Hall–Kier alpha value is -1.24. The molecule has 1 aliphatic rings. The highest BCUT2D eigenvalue weighted by Gasteiger charge is 2.38. The molecule has 1 amide bonds. The van der Waals surface area contributed by atoms with Gasteiger partial charge in [-0.2, -0.15) is 0 Å². The molecular weight excluding hydrogens is 487 g/mol. The predicted octanol–water partition coefficient (Wildman–Crippen LogP) is 5.31. The van der Waals surface area contributed by atoms with Crippen molar-refractivity contribution in [1.29, 1.82) is 0 Å². The number of piperidine rings is 1. The van der Waals surface area contributed by atoms with Gasteiger partial charge in [-0.3, -0.25) is 4.79 Å². The van der Waals surface area contributed by atoms with E-state index in [4.69, 9.17) is 0 Å². The molecule has 0 spiro atoms. The number of benzene rings is 2. The number of hydrogen-bond acceptors (Lipinski definition) is 2. The summed E-state index contributed by atoms with van der Waals surface area (Å²) in [6.07, 6.45) is 2.42. The van der Waals surface area contributed by atoms with Crippen LogP contribution in [-0.4, -0.2) is 19.0 Å². The molecule has 150 valence electrons. The van der Waals surface area contributed by atoms with Crippen molar-refractivity contribution in [2.45, 2.75) is 38.1 Å². The number of carbonyl (C=O) groups is 1. The molecule has 2 N–H and O–H groups in total. The number of halogens is 3. The summed E-state index contributed by atoms with van der Waals surface area (Å²) < 4.78 is 15.4. The van der Waals surface area contributed by atoms with E-state index in [0.717, 1.165) is 46.0 Å². The van der Waals surface area contributed by atoms with Gasteiger partial charge in [-0.05, 0) is 99.1 Å². The van der Waals surface area contributed by atoms with Crippen molar-refractivity contribution >= 4 is 37.8 Å². The zero-order chi connectivity index (χ0) is 20.1. The molecular formula is C22H25Br2FN2O. The summed E-state index contributed by atoms with van der Waals surface area (Å²) in [6, 6.07) is 12.6.